The van der Waals surface area contributed by atoms with Crippen molar-refractivity contribution in [1.29, 1.82) is 0 Å². The van der Waals surface area contributed by atoms with Crippen molar-refractivity contribution in [2.24, 2.45) is 0 Å². The fraction of sp³-hybridized carbons (Fsp3) is 0.733. The lowest BCUT2D eigenvalue weighted by molar-refractivity contribution is 0.00507. The average Bonchev–Trinajstić information content (AvgIpc) is 2.82. The predicted molar refractivity (Wildman–Crippen MR) is 78.3 cm³/mol. The average molecular weight is 267 g/mol. The highest BCUT2D eigenvalue weighted by molar-refractivity contribution is 7.10. The van der Waals surface area contributed by atoms with Crippen LogP contribution in [0.2, 0.25) is 0 Å². The summed E-state index contributed by atoms with van der Waals surface area (Å²) in [5, 5.41) is 5.97. The van der Waals surface area contributed by atoms with E-state index < -0.39 is 0 Å². The van der Waals surface area contributed by atoms with Gasteiger partial charge in [0.05, 0.1) is 6.10 Å². The van der Waals surface area contributed by atoms with Crippen LogP contribution in [0, 0.1) is 6.92 Å². The summed E-state index contributed by atoms with van der Waals surface area (Å²) >= 11 is 1.85. The second-order valence-electron chi connectivity index (χ2n) is 5.22. The van der Waals surface area contributed by atoms with Gasteiger partial charge >= 0.3 is 0 Å². The van der Waals surface area contributed by atoms with Gasteiger partial charge in [0.25, 0.3) is 0 Å². The van der Waals surface area contributed by atoms with Crippen molar-refractivity contribution in [1.82, 2.24) is 5.32 Å². The molecule has 2 rings (SSSR count). The fourth-order valence-electron chi connectivity index (χ4n) is 2.56. The summed E-state index contributed by atoms with van der Waals surface area (Å²) in [7, 11) is 0. The van der Waals surface area contributed by atoms with Crippen LogP contribution in [0.3, 0.4) is 0 Å². The number of thiophene rings is 1. The van der Waals surface area contributed by atoms with E-state index in [1.165, 1.54) is 36.1 Å². The monoisotopic (exact) mass is 267 g/mol. The van der Waals surface area contributed by atoms with Crippen LogP contribution in [0.25, 0.3) is 0 Å². The van der Waals surface area contributed by atoms with E-state index in [0.29, 0.717) is 12.1 Å². The minimum atomic E-state index is 0.452. The summed E-state index contributed by atoms with van der Waals surface area (Å²) in [5.41, 5.74) is 1.44. The van der Waals surface area contributed by atoms with Crippen LogP contribution in [0.5, 0.6) is 0 Å². The Morgan fingerprint density at radius 1 is 1.50 bits per heavy atom. The Bertz CT molecular complexity index is 344. The molecule has 2 nitrogen and oxygen atoms in total. The molecule has 1 aromatic heterocycles. The molecule has 1 aliphatic heterocycles. The molecule has 18 heavy (non-hydrogen) atoms. The Kier molecular flexibility index (Phi) is 5.67. The fourth-order valence-corrected chi connectivity index (χ4v) is 3.32. The van der Waals surface area contributed by atoms with E-state index in [1.54, 1.807) is 0 Å². The molecule has 1 saturated heterocycles. The zero-order valence-electron chi connectivity index (χ0n) is 11.6. The molecule has 0 saturated carbocycles. The maximum absolute atomic E-state index is 5.88. The van der Waals surface area contributed by atoms with Crippen molar-refractivity contribution in [2.45, 2.75) is 58.1 Å². The smallest absolute Gasteiger partial charge is 0.0593 e. The molecule has 102 valence electrons. The summed E-state index contributed by atoms with van der Waals surface area (Å²) in [6.07, 6.45) is 6.55. The number of hydrogen-bond donors (Lipinski definition) is 1. The van der Waals surface area contributed by atoms with Crippen LogP contribution in [0.1, 0.15) is 55.5 Å². The van der Waals surface area contributed by atoms with Gasteiger partial charge in [-0.3, -0.25) is 0 Å². The molecule has 1 N–H and O–H groups in total. The highest BCUT2D eigenvalue weighted by Crippen LogP contribution is 2.27. The van der Waals surface area contributed by atoms with Gasteiger partial charge in [-0.25, -0.2) is 0 Å². The van der Waals surface area contributed by atoms with Gasteiger partial charge in [0.2, 0.25) is 0 Å². The van der Waals surface area contributed by atoms with E-state index in [0.717, 1.165) is 19.6 Å². The number of hydrogen-bond acceptors (Lipinski definition) is 3. The number of ether oxygens (including phenoxy) is 1. The first-order chi connectivity index (χ1) is 8.79. The standard InChI is InChI=1S/C15H25NOS/c1-3-7-16-15(13-9-12(2)18-11-13)10-14-6-4-5-8-17-14/h9,11,14-16H,3-8,10H2,1-2H3. The molecule has 0 aliphatic carbocycles. The molecule has 1 fully saturated rings. The van der Waals surface area contributed by atoms with Gasteiger partial charge in [-0.2, -0.15) is 0 Å². The molecule has 3 heteroatoms. The Morgan fingerprint density at radius 3 is 3.00 bits per heavy atom. The van der Waals surface area contributed by atoms with E-state index in [2.05, 4.69) is 30.6 Å². The lowest BCUT2D eigenvalue weighted by Gasteiger charge is -2.27. The minimum absolute atomic E-state index is 0.452. The molecule has 2 heterocycles. The van der Waals surface area contributed by atoms with E-state index in [1.807, 2.05) is 11.3 Å². The molecular weight excluding hydrogens is 242 g/mol. The Hall–Kier alpha value is -0.380. The van der Waals surface area contributed by atoms with Gasteiger partial charge in [-0.15, -0.1) is 11.3 Å². The van der Waals surface area contributed by atoms with Crippen LogP contribution < -0.4 is 5.32 Å². The highest BCUT2D eigenvalue weighted by atomic mass is 32.1. The van der Waals surface area contributed by atoms with Gasteiger partial charge in [0.15, 0.2) is 0 Å². The summed E-state index contributed by atoms with van der Waals surface area (Å²) < 4.78 is 5.88. The molecule has 2 unspecified atom stereocenters. The van der Waals surface area contributed by atoms with Crippen molar-refractivity contribution in [3.63, 3.8) is 0 Å². The molecule has 1 aromatic rings. The number of nitrogens with one attached hydrogen (secondary N) is 1. The maximum atomic E-state index is 5.88. The van der Waals surface area contributed by atoms with Crippen molar-refractivity contribution < 1.29 is 4.74 Å². The summed E-state index contributed by atoms with van der Waals surface area (Å²) in [5.74, 6) is 0. The van der Waals surface area contributed by atoms with E-state index in [-0.39, 0.29) is 0 Å². The second-order valence-corrected chi connectivity index (χ2v) is 6.34. The van der Waals surface area contributed by atoms with Gasteiger partial charge in [-0.05, 0) is 62.6 Å². The third-order valence-electron chi connectivity index (χ3n) is 3.57. The third kappa shape index (κ3) is 4.08. The number of aryl methyl sites for hydroxylation is 1. The van der Waals surface area contributed by atoms with Crippen LogP contribution in [-0.2, 0) is 4.74 Å². The molecule has 0 bridgehead atoms. The Morgan fingerprint density at radius 2 is 2.39 bits per heavy atom. The summed E-state index contributed by atoms with van der Waals surface area (Å²) in [4.78, 5) is 1.40. The second kappa shape index (κ2) is 7.27. The first kappa shape index (κ1) is 14.0. The Labute approximate surface area is 115 Å². The van der Waals surface area contributed by atoms with Gasteiger partial charge < -0.3 is 10.1 Å². The first-order valence-corrected chi connectivity index (χ1v) is 8.07. The van der Waals surface area contributed by atoms with Gasteiger partial charge in [0, 0.05) is 17.5 Å². The van der Waals surface area contributed by atoms with Crippen molar-refractivity contribution in [3.05, 3.63) is 21.9 Å². The largest absolute Gasteiger partial charge is 0.378 e. The van der Waals surface area contributed by atoms with E-state index in [4.69, 9.17) is 4.74 Å². The van der Waals surface area contributed by atoms with E-state index in [9.17, 15) is 0 Å². The van der Waals surface area contributed by atoms with Crippen molar-refractivity contribution in [3.8, 4) is 0 Å². The third-order valence-corrected chi connectivity index (χ3v) is 4.45. The first-order valence-electron chi connectivity index (χ1n) is 7.19. The van der Waals surface area contributed by atoms with Crippen LogP contribution in [0.15, 0.2) is 11.4 Å². The maximum Gasteiger partial charge on any atom is 0.0593 e. The topological polar surface area (TPSA) is 21.3 Å². The van der Waals surface area contributed by atoms with Crippen molar-refractivity contribution >= 4 is 11.3 Å². The zero-order valence-corrected chi connectivity index (χ0v) is 12.4. The van der Waals surface area contributed by atoms with Gasteiger partial charge in [-0.1, -0.05) is 6.92 Å². The quantitative estimate of drug-likeness (QED) is 0.839. The normalized spacial score (nSPS) is 22.0. The minimum Gasteiger partial charge on any atom is -0.378 e. The van der Waals surface area contributed by atoms with Crippen LogP contribution >= 0.6 is 11.3 Å². The Balaban J connectivity index is 1.95. The number of rotatable bonds is 6. The molecule has 0 spiro atoms. The molecule has 1 aliphatic rings. The molecule has 0 amide bonds. The highest BCUT2D eigenvalue weighted by Gasteiger charge is 2.20. The lowest BCUT2D eigenvalue weighted by Crippen LogP contribution is -2.29. The van der Waals surface area contributed by atoms with Crippen molar-refractivity contribution in [2.75, 3.05) is 13.2 Å². The van der Waals surface area contributed by atoms with E-state index >= 15 is 0 Å². The van der Waals surface area contributed by atoms with Crippen LogP contribution in [0.4, 0.5) is 0 Å². The van der Waals surface area contributed by atoms with Gasteiger partial charge in [0.1, 0.15) is 0 Å². The summed E-state index contributed by atoms with van der Waals surface area (Å²) in [6.45, 7) is 6.45. The lowest BCUT2D eigenvalue weighted by atomic mass is 9.98. The summed E-state index contributed by atoms with van der Waals surface area (Å²) in [6, 6.07) is 2.79. The SMILES string of the molecule is CCCNC(CC1CCCCO1)c1csc(C)c1. The zero-order chi connectivity index (χ0) is 12.8. The van der Waals surface area contributed by atoms with Crippen LogP contribution in [-0.4, -0.2) is 19.3 Å². The molecular formula is C15H25NOS. The molecule has 0 radical (unpaired) electrons. The predicted octanol–water partition coefficient (Wildman–Crippen LogP) is 4.06. The molecule has 2 atom stereocenters. The molecule has 0 aromatic carbocycles.